The number of ether oxygens (including phenoxy) is 1. The van der Waals surface area contributed by atoms with E-state index in [1.807, 2.05) is 4.98 Å². The quantitative estimate of drug-likeness (QED) is 0.0351. The van der Waals surface area contributed by atoms with E-state index in [9.17, 15) is 57.5 Å². The highest BCUT2D eigenvalue weighted by atomic mass is 16.5. The van der Waals surface area contributed by atoms with Crippen LogP contribution in [0.1, 0.15) is 203 Å². The van der Waals surface area contributed by atoms with Gasteiger partial charge in [0.1, 0.15) is 0 Å². The lowest BCUT2D eigenvalue weighted by Crippen LogP contribution is -2.48. The number of aromatic amines is 3. The molecule has 0 aliphatic rings. The van der Waals surface area contributed by atoms with Crippen molar-refractivity contribution in [2.45, 2.75) is 209 Å². The van der Waals surface area contributed by atoms with Gasteiger partial charge in [0.2, 0.25) is 18.2 Å². The molecule has 0 unspecified atom stereocenters. The van der Waals surface area contributed by atoms with Gasteiger partial charge in [-0.15, -0.1) is 9.35 Å². The average Bonchev–Trinajstić information content (AvgIpc) is 3.39. The van der Waals surface area contributed by atoms with Gasteiger partial charge >= 0.3 is 40.2 Å². The van der Waals surface area contributed by atoms with E-state index in [2.05, 4.69) is 83.7 Å². The van der Waals surface area contributed by atoms with E-state index in [0.29, 0.717) is 39.0 Å². The summed E-state index contributed by atoms with van der Waals surface area (Å²) in [5.41, 5.74) is -6.07. The van der Waals surface area contributed by atoms with Crippen molar-refractivity contribution >= 4 is 36.5 Å². The number of nitrogens with zero attached hydrogens (tertiary/aromatic N) is 8. The zero-order chi connectivity index (χ0) is 56.9. The van der Waals surface area contributed by atoms with Crippen molar-refractivity contribution in [2.24, 2.45) is 25.2 Å². The van der Waals surface area contributed by atoms with E-state index in [-0.39, 0.29) is 15.9 Å². The molecule has 0 saturated heterocycles. The first kappa shape index (κ1) is 75.9. The smallest absolute Gasteiger partial charge is 0.406 e. The first-order chi connectivity index (χ1) is 35.7. The Balaban J connectivity index is -0.000000267. The minimum absolute atomic E-state index is 0.0766. The molecule has 25 nitrogen and oxygen atoms in total. The lowest BCUT2D eigenvalue weighted by molar-refractivity contribution is 0.171. The molecule has 74 heavy (non-hydrogen) atoms. The highest BCUT2D eigenvalue weighted by Crippen LogP contribution is 2.01. The summed E-state index contributed by atoms with van der Waals surface area (Å²) < 4.78 is 5.59. The molecule has 0 atom stereocenters. The van der Waals surface area contributed by atoms with Crippen LogP contribution >= 0.6 is 0 Å². The number of isocyanates is 5. The van der Waals surface area contributed by atoms with Crippen LogP contribution in [0.25, 0.3) is 0 Å². The maximum atomic E-state index is 11.8. The molecule has 0 aliphatic carbocycles. The molecule has 0 saturated carbocycles. The number of aliphatic imine (C=N–C) groups is 3. The van der Waals surface area contributed by atoms with Gasteiger partial charge in [-0.25, -0.2) is 77.1 Å². The number of hydrogen-bond donors (Lipinski definition) is 4. The Kier molecular flexibility index (Phi) is 63.7. The maximum absolute atomic E-state index is 11.8. The predicted molar refractivity (Wildman–Crippen MR) is 284 cm³/mol. The van der Waals surface area contributed by atoms with Gasteiger partial charge in [0.15, 0.2) is 0 Å². The van der Waals surface area contributed by atoms with Crippen molar-refractivity contribution in [3.8, 4) is 0 Å². The van der Waals surface area contributed by atoms with Gasteiger partial charge in [0.05, 0.1) is 26.7 Å². The number of carbonyl (C=O) groups is 1. The number of nitrogens with one attached hydrogen (secondary N) is 4. The Bertz CT molecular complexity index is 2170. The fourth-order valence-corrected chi connectivity index (χ4v) is 5.38. The first-order valence-corrected chi connectivity index (χ1v) is 25.7. The molecule has 2 rings (SSSR count). The number of rotatable bonds is 30. The molecular formula is C49H86N12O13. The van der Waals surface area contributed by atoms with Gasteiger partial charge < -0.3 is 10.1 Å². The lowest BCUT2D eigenvalue weighted by atomic mass is 10.2. The van der Waals surface area contributed by atoms with E-state index in [1.165, 1.54) is 135 Å². The number of methoxy groups -OCH3 is 1. The molecule has 0 bridgehead atoms. The second-order valence-electron chi connectivity index (χ2n) is 15.7. The average molecular weight is 1050 g/mol. The highest BCUT2D eigenvalue weighted by Gasteiger charge is 2.09. The number of hydrogen-bond acceptors (Lipinski definition) is 18. The van der Waals surface area contributed by atoms with Crippen molar-refractivity contribution in [1.82, 2.24) is 34.2 Å². The number of unbranched alkanes of at least 4 members (excludes halogenated alkanes) is 18. The van der Waals surface area contributed by atoms with E-state index in [1.54, 1.807) is 9.97 Å². The second kappa shape index (κ2) is 62.1. The number of aromatic nitrogens is 6. The van der Waals surface area contributed by atoms with Crippen LogP contribution in [-0.4, -0.2) is 98.7 Å². The summed E-state index contributed by atoms with van der Waals surface area (Å²) >= 11 is 0. The normalized spacial score (nSPS) is 9.14. The second-order valence-corrected chi connectivity index (χ2v) is 15.7. The van der Waals surface area contributed by atoms with Crippen molar-refractivity contribution in [1.29, 1.82) is 0 Å². The summed E-state index contributed by atoms with van der Waals surface area (Å²) in [7, 11) is 1.28. The summed E-state index contributed by atoms with van der Waals surface area (Å²) in [5, 5.41) is 8.20. The fraction of sp³-hybridized carbons (Fsp3) is 0.755. The first-order valence-electron chi connectivity index (χ1n) is 25.7. The Morgan fingerprint density at radius 1 is 0.446 bits per heavy atom. The number of alkyl carbamates (subject to hydrolysis) is 1. The molecule has 25 heteroatoms. The van der Waals surface area contributed by atoms with Crippen molar-refractivity contribution in [3.05, 3.63) is 62.9 Å². The monoisotopic (exact) mass is 1050 g/mol. The van der Waals surface area contributed by atoms with E-state index in [4.69, 9.17) is 0 Å². The number of H-pyrrole nitrogens is 3. The molecule has 0 aromatic carbocycles. The van der Waals surface area contributed by atoms with Crippen LogP contribution in [0.3, 0.4) is 0 Å². The van der Waals surface area contributed by atoms with E-state index >= 15 is 0 Å². The predicted octanol–water partition coefficient (Wildman–Crippen LogP) is 6.92. The van der Waals surface area contributed by atoms with Crippen LogP contribution in [0, 0.1) is 0 Å². The molecule has 0 aliphatic heterocycles. The maximum Gasteiger partial charge on any atom is 0.406 e. The third-order valence-electron chi connectivity index (χ3n) is 9.41. The molecule has 2 aromatic rings. The molecule has 0 fully saturated rings. The topological polar surface area (TPSA) is 350 Å². The van der Waals surface area contributed by atoms with Crippen molar-refractivity contribution in [2.75, 3.05) is 33.3 Å². The summed E-state index contributed by atoms with van der Waals surface area (Å²) in [6.45, 7) is 17.9. The highest BCUT2D eigenvalue weighted by molar-refractivity contribution is 5.66. The Morgan fingerprint density at radius 3 is 1.14 bits per heavy atom. The van der Waals surface area contributed by atoms with Gasteiger partial charge in [0, 0.05) is 13.1 Å². The van der Waals surface area contributed by atoms with Crippen LogP contribution in [-0.2, 0) is 35.3 Å². The summed E-state index contributed by atoms with van der Waals surface area (Å²) in [4.78, 5) is 141. The molecule has 1 amide bonds. The van der Waals surface area contributed by atoms with Crippen molar-refractivity contribution in [3.63, 3.8) is 0 Å². The van der Waals surface area contributed by atoms with Crippen LogP contribution < -0.4 is 39.5 Å². The minimum Gasteiger partial charge on any atom is -0.453 e. The van der Waals surface area contributed by atoms with Crippen LogP contribution in [0.15, 0.2) is 53.9 Å². The molecule has 2 aromatic heterocycles. The van der Waals surface area contributed by atoms with Crippen LogP contribution in [0.5, 0.6) is 0 Å². The fourth-order valence-electron chi connectivity index (χ4n) is 5.38. The summed E-state index contributed by atoms with van der Waals surface area (Å²) in [6.07, 6.45) is 33.9. The molecular weight excluding hydrogens is 965 g/mol. The van der Waals surface area contributed by atoms with E-state index in [0.717, 1.165) is 48.8 Å². The Hall–Kier alpha value is -7.01. The molecule has 0 spiro atoms. The Labute approximate surface area is 433 Å². The largest absolute Gasteiger partial charge is 0.453 e. The van der Waals surface area contributed by atoms with Crippen molar-refractivity contribution < 1.29 is 33.5 Å². The van der Waals surface area contributed by atoms with Gasteiger partial charge in [-0.05, 0) is 32.1 Å². The van der Waals surface area contributed by atoms with Crippen LogP contribution in [0.2, 0.25) is 0 Å². The lowest BCUT2D eigenvalue weighted by Gasteiger charge is -2.05. The minimum atomic E-state index is -1.09. The zero-order valence-electron chi connectivity index (χ0n) is 45.4. The standard InChI is InChI=1S/C12H17N5O6.3C7H13NO.2C6H14.C4H2N4O4/c1-23-11(21)13-6-4-2-3-5-7-16-9(19)15-10(20)17(12(16)22)14-8-18;3*1-2-3-4-5-6-8-7-9;2*1-3-5-6-4-2;9-1-5-8-3(11)6-2(10)7-4(8)12/h2-7H2,1H3,(H,13,21)(H,15,19,20);3*2-6H2,1H3;2*3-6H2,1-2H3;(H2,6,7,10,11,12). The third kappa shape index (κ3) is 52.8. The third-order valence-corrected chi connectivity index (χ3v) is 9.41. The number of carbonyl (C=O) groups excluding carboxylic acids is 6. The Morgan fingerprint density at radius 2 is 0.784 bits per heavy atom. The molecule has 2 heterocycles. The van der Waals surface area contributed by atoms with Crippen LogP contribution in [0.4, 0.5) is 4.79 Å². The number of amides is 1. The summed E-state index contributed by atoms with van der Waals surface area (Å²) in [5.74, 6) is 0. The van der Waals surface area contributed by atoms with Gasteiger partial charge in [-0.1, -0.05) is 181 Å². The van der Waals surface area contributed by atoms with E-state index < -0.39 is 40.2 Å². The molecule has 4 N–H and O–H groups in total. The van der Waals surface area contributed by atoms with Gasteiger partial charge in [-0.3, -0.25) is 15.0 Å². The van der Waals surface area contributed by atoms with Gasteiger partial charge in [0.25, 0.3) is 12.2 Å². The summed E-state index contributed by atoms with van der Waals surface area (Å²) in [6, 6.07) is 0. The molecule has 420 valence electrons. The zero-order valence-corrected chi connectivity index (χ0v) is 45.4. The van der Waals surface area contributed by atoms with Gasteiger partial charge in [-0.2, -0.15) is 0 Å². The molecule has 0 radical (unpaired) electrons. The SMILES string of the molecule is CCCCCC.CCCCCC.CCCCCCN=C=O.CCCCCCN=C=O.CCCCCCN=C=O.COC(=O)NCCCCCCn1c(=O)[nH]c(=O)n(N=C=O)c1=O.O=C=Nn1c(=O)[nH]c(=O)[nH]c1=O.